The Balaban J connectivity index is 2.25. The van der Waals surface area contributed by atoms with Crippen molar-refractivity contribution in [1.29, 1.82) is 0 Å². The Morgan fingerprint density at radius 1 is 1.54 bits per heavy atom. The van der Waals surface area contributed by atoms with Gasteiger partial charge in [0.1, 0.15) is 0 Å². The third-order valence-electron chi connectivity index (χ3n) is 3.24. The molecule has 2 N–H and O–H groups in total. The Labute approximate surface area is 82.4 Å². The molecular weight excluding hydrogens is 158 g/mol. The number of allylic oxidation sites excluding steroid dienone is 2. The van der Waals surface area contributed by atoms with Crippen LogP contribution in [0.15, 0.2) is 11.6 Å². The highest BCUT2D eigenvalue weighted by Crippen LogP contribution is 2.47. The van der Waals surface area contributed by atoms with E-state index in [4.69, 9.17) is 5.73 Å². The molecule has 0 bridgehead atoms. The summed E-state index contributed by atoms with van der Waals surface area (Å²) in [7, 11) is 0. The van der Waals surface area contributed by atoms with Crippen LogP contribution in [0.3, 0.4) is 0 Å². The molecule has 0 amide bonds. The maximum Gasteiger partial charge on any atom is -0.00462 e. The highest BCUT2D eigenvalue weighted by Gasteiger charge is 2.40. The van der Waals surface area contributed by atoms with Crippen molar-refractivity contribution in [3.63, 3.8) is 0 Å². The van der Waals surface area contributed by atoms with Crippen LogP contribution < -0.4 is 5.73 Å². The first-order valence-corrected chi connectivity index (χ1v) is 5.52. The van der Waals surface area contributed by atoms with Crippen LogP contribution >= 0.6 is 0 Å². The molecule has 1 aliphatic rings. The van der Waals surface area contributed by atoms with Gasteiger partial charge in [-0.15, -0.1) is 0 Å². The average molecular weight is 181 g/mol. The number of hydrogen-bond donors (Lipinski definition) is 1. The first-order chi connectivity index (χ1) is 6.19. The zero-order valence-corrected chi connectivity index (χ0v) is 9.22. The molecule has 0 spiro atoms. The Bertz CT molecular complexity index is 176. The summed E-state index contributed by atoms with van der Waals surface area (Å²) in [4.78, 5) is 0. The van der Waals surface area contributed by atoms with Crippen LogP contribution in [0.1, 0.15) is 40.0 Å². The molecule has 13 heavy (non-hydrogen) atoms. The number of hydrogen-bond acceptors (Lipinski definition) is 1. The summed E-state index contributed by atoms with van der Waals surface area (Å²) >= 11 is 0. The van der Waals surface area contributed by atoms with Gasteiger partial charge in [0.15, 0.2) is 0 Å². The van der Waals surface area contributed by atoms with Gasteiger partial charge in [0, 0.05) is 0 Å². The Morgan fingerprint density at radius 3 is 2.69 bits per heavy atom. The van der Waals surface area contributed by atoms with E-state index in [9.17, 15) is 0 Å². The van der Waals surface area contributed by atoms with Gasteiger partial charge in [-0.3, -0.25) is 0 Å². The summed E-state index contributed by atoms with van der Waals surface area (Å²) < 4.78 is 0. The summed E-state index contributed by atoms with van der Waals surface area (Å²) in [5, 5.41) is 0. The average Bonchev–Trinajstić information content (AvgIpc) is 2.83. The first-order valence-electron chi connectivity index (χ1n) is 5.52. The summed E-state index contributed by atoms with van der Waals surface area (Å²) in [6.07, 6.45) is 6.32. The largest absolute Gasteiger partial charge is 0.330 e. The van der Waals surface area contributed by atoms with E-state index in [2.05, 4.69) is 26.8 Å². The predicted octanol–water partition coefficient (Wildman–Crippen LogP) is 2.96. The van der Waals surface area contributed by atoms with Crippen LogP contribution in [0.5, 0.6) is 0 Å². The van der Waals surface area contributed by atoms with Crippen molar-refractivity contribution >= 4 is 0 Å². The molecule has 1 nitrogen and oxygen atoms in total. The molecular formula is C12H23N. The minimum atomic E-state index is 0.788. The van der Waals surface area contributed by atoms with Crippen molar-refractivity contribution in [3.8, 4) is 0 Å². The second-order valence-corrected chi connectivity index (χ2v) is 4.58. The van der Waals surface area contributed by atoms with Crippen LogP contribution in [0.2, 0.25) is 0 Å². The normalized spacial score (nSPS) is 28.3. The van der Waals surface area contributed by atoms with E-state index in [1.54, 1.807) is 0 Å². The number of rotatable bonds is 5. The molecule has 1 unspecified atom stereocenters. The van der Waals surface area contributed by atoms with E-state index in [0.717, 1.165) is 24.3 Å². The van der Waals surface area contributed by atoms with Gasteiger partial charge in [-0.05, 0) is 51.0 Å². The molecule has 3 atom stereocenters. The van der Waals surface area contributed by atoms with E-state index in [1.807, 2.05) is 0 Å². The summed E-state index contributed by atoms with van der Waals surface area (Å²) in [6, 6.07) is 0. The molecule has 0 aromatic rings. The maximum absolute atomic E-state index is 5.73. The summed E-state index contributed by atoms with van der Waals surface area (Å²) in [5.41, 5.74) is 7.18. The lowest BCUT2D eigenvalue weighted by atomic mass is 9.98. The van der Waals surface area contributed by atoms with Crippen molar-refractivity contribution in [3.05, 3.63) is 11.6 Å². The van der Waals surface area contributed by atoms with E-state index >= 15 is 0 Å². The van der Waals surface area contributed by atoms with Gasteiger partial charge in [-0.1, -0.05) is 25.0 Å². The fourth-order valence-corrected chi connectivity index (χ4v) is 2.15. The highest BCUT2D eigenvalue weighted by molar-refractivity contribution is 5.00. The van der Waals surface area contributed by atoms with Gasteiger partial charge < -0.3 is 5.73 Å². The lowest BCUT2D eigenvalue weighted by Crippen LogP contribution is -2.16. The fraction of sp³-hybridized carbons (Fsp3) is 0.833. The summed E-state index contributed by atoms with van der Waals surface area (Å²) in [6.45, 7) is 7.50. The molecule has 1 rings (SSSR count). The quantitative estimate of drug-likeness (QED) is 0.648. The van der Waals surface area contributed by atoms with E-state index < -0.39 is 0 Å². The van der Waals surface area contributed by atoms with Crippen molar-refractivity contribution in [2.24, 2.45) is 23.5 Å². The second-order valence-electron chi connectivity index (χ2n) is 4.58. The van der Waals surface area contributed by atoms with Gasteiger partial charge >= 0.3 is 0 Å². The second kappa shape index (κ2) is 4.80. The number of nitrogens with two attached hydrogens (primary N) is 1. The van der Waals surface area contributed by atoms with Crippen LogP contribution in [0.4, 0.5) is 0 Å². The van der Waals surface area contributed by atoms with Crippen LogP contribution in [0.25, 0.3) is 0 Å². The molecule has 0 aromatic heterocycles. The molecule has 0 aromatic carbocycles. The van der Waals surface area contributed by atoms with E-state index in [0.29, 0.717) is 0 Å². The van der Waals surface area contributed by atoms with Gasteiger partial charge in [-0.2, -0.15) is 0 Å². The molecule has 1 saturated carbocycles. The Hall–Kier alpha value is -0.300. The van der Waals surface area contributed by atoms with Crippen LogP contribution in [-0.2, 0) is 0 Å². The predicted molar refractivity (Wildman–Crippen MR) is 58.5 cm³/mol. The van der Waals surface area contributed by atoms with Gasteiger partial charge in [0.25, 0.3) is 0 Å². The SMILES string of the molecule is CC[C@H](CN)C1C[C@H]1CC=C(C)C. The Kier molecular flexibility index (Phi) is 3.98. The molecule has 0 radical (unpaired) electrons. The lowest BCUT2D eigenvalue weighted by molar-refractivity contribution is 0.432. The molecule has 1 fully saturated rings. The molecule has 1 aliphatic carbocycles. The Morgan fingerprint density at radius 2 is 2.23 bits per heavy atom. The summed E-state index contributed by atoms with van der Waals surface area (Å²) in [5.74, 6) is 2.67. The van der Waals surface area contributed by atoms with Gasteiger partial charge in [0.05, 0.1) is 0 Å². The van der Waals surface area contributed by atoms with Crippen molar-refractivity contribution in [2.75, 3.05) is 6.54 Å². The molecule has 1 heteroatoms. The van der Waals surface area contributed by atoms with Crippen molar-refractivity contribution < 1.29 is 0 Å². The molecule has 0 saturated heterocycles. The molecule has 0 aliphatic heterocycles. The minimum absolute atomic E-state index is 0.788. The van der Waals surface area contributed by atoms with Crippen LogP contribution in [-0.4, -0.2) is 6.54 Å². The zero-order valence-electron chi connectivity index (χ0n) is 9.22. The van der Waals surface area contributed by atoms with Crippen molar-refractivity contribution in [2.45, 2.75) is 40.0 Å². The van der Waals surface area contributed by atoms with E-state index in [1.165, 1.54) is 24.8 Å². The topological polar surface area (TPSA) is 26.0 Å². The fourth-order valence-electron chi connectivity index (χ4n) is 2.15. The first kappa shape index (κ1) is 10.8. The lowest BCUT2D eigenvalue weighted by Gasteiger charge is -2.10. The van der Waals surface area contributed by atoms with Gasteiger partial charge in [-0.25, -0.2) is 0 Å². The van der Waals surface area contributed by atoms with E-state index in [-0.39, 0.29) is 0 Å². The maximum atomic E-state index is 5.73. The van der Waals surface area contributed by atoms with Gasteiger partial charge in [0.2, 0.25) is 0 Å². The minimum Gasteiger partial charge on any atom is -0.330 e. The zero-order chi connectivity index (χ0) is 9.84. The highest BCUT2D eigenvalue weighted by atomic mass is 14.6. The smallest absolute Gasteiger partial charge is 0.00462 e. The monoisotopic (exact) mass is 181 g/mol. The van der Waals surface area contributed by atoms with Crippen molar-refractivity contribution in [1.82, 2.24) is 0 Å². The van der Waals surface area contributed by atoms with Crippen LogP contribution in [0, 0.1) is 17.8 Å². The molecule has 76 valence electrons. The third kappa shape index (κ3) is 3.15. The third-order valence-corrected chi connectivity index (χ3v) is 3.24. The molecule has 0 heterocycles. The standard InChI is InChI=1S/C12H23N/c1-4-10(8-13)12-7-11(12)6-5-9(2)3/h5,10-12H,4,6-8,13H2,1-3H3/t10-,11-,12?/m1/s1.